The molecule has 2 aromatic rings. The van der Waals surface area contributed by atoms with Gasteiger partial charge in [-0.1, -0.05) is 12.1 Å². The highest BCUT2D eigenvalue weighted by molar-refractivity contribution is 5.79. The number of hydrogen-bond acceptors (Lipinski definition) is 3. The van der Waals surface area contributed by atoms with Gasteiger partial charge in [0.05, 0.1) is 13.2 Å². The van der Waals surface area contributed by atoms with Crippen LogP contribution >= 0.6 is 0 Å². The van der Waals surface area contributed by atoms with Gasteiger partial charge in [-0.3, -0.25) is 9.59 Å². The third-order valence-corrected chi connectivity index (χ3v) is 3.45. The molecule has 0 atom stereocenters. The quantitative estimate of drug-likeness (QED) is 0.913. The van der Waals surface area contributed by atoms with Gasteiger partial charge >= 0.3 is 0 Å². The predicted molar refractivity (Wildman–Crippen MR) is 82.3 cm³/mol. The molecule has 0 unspecified atom stereocenters. The van der Waals surface area contributed by atoms with Crippen LogP contribution in [0.1, 0.15) is 18.1 Å². The fourth-order valence-electron chi connectivity index (χ4n) is 2.23. The van der Waals surface area contributed by atoms with Gasteiger partial charge in [-0.15, -0.1) is 0 Å². The standard InChI is InChI=1S/C16H20N2O3/c1-11-4-5-13-9-14(16(20)17-15(13)8-11)10-18(12(2)19)6-7-21-3/h4-5,8-9H,6-7,10H2,1-3H3,(H,17,20). The Morgan fingerprint density at radius 1 is 1.33 bits per heavy atom. The van der Waals surface area contributed by atoms with Gasteiger partial charge in [-0.05, 0) is 30.0 Å². The minimum Gasteiger partial charge on any atom is -0.383 e. The Bertz CT molecular complexity index is 706. The number of nitrogens with zero attached hydrogens (tertiary/aromatic N) is 1. The fraction of sp³-hybridized carbons (Fsp3) is 0.375. The van der Waals surface area contributed by atoms with Crippen LogP contribution in [-0.2, 0) is 16.1 Å². The van der Waals surface area contributed by atoms with Gasteiger partial charge in [-0.25, -0.2) is 0 Å². The van der Waals surface area contributed by atoms with Crippen LogP contribution in [0.3, 0.4) is 0 Å². The summed E-state index contributed by atoms with van der Waals surface area (Å²) in [7, 11) is 1.59. The molecule has 112 valence electrons. The SMILES string of the molecule is COCCN(Cc1cc2ccc(C)cc2[nH]c1=O)C(C)=O. The molecule has 0 saturated carbocycles. The zero-order valence-corrected chi connectivity index (χ0v) is 12.6. The Morgan fingerprint density at radius 3 is 2.76 bits per heavy atom. The Labute approximate surface area is 123 Å². The summed E-state index contributed by atoms with van der Waals surface area (Å²) in [5.74, 6) is -0.0737. The molecule has 0 saturated heterocycles. The highest BCUT2D eigenvalue weighted by Gasteiger charge is 2.12. The van der Waals surface area contributed by atoms with Crippen LogP contribution in [-0.4, -0.2) is 36.1 Å². The minimum absolute atomic E-state index is 0.0737. The van der Waals surface area contributed by atoms with E-state index >= 15 is 0 Å². The zero-order chi connectivity index (χ0) is 15.4. The number of carbonyl (C=O) groups excluding carboxylic acids is 1. The van der Waals surface area contributed by atoms with Crippen LogP contribution in [0.2, 0.25) is 0 Å². The molecule has 5 heteroatoms. The van der Waals surface area contributed by atoms with E-state index in [4.69, 9.17) is 4.74 Å². The molecule has 0 aliphatic rings. The summed E-state index contributed by atoms with van der Waals surface area (Å²) >= 11 is 0. The summed E-state index contributed by atoms with van der Waals surface area (Å²) in [6, 6.07) is 7.75. The van der Waals surface area contributed by atoms with Gasteiger partial charge in [0.1, 0.15) is 0 Å². The lowest BCUT2D eigenvalue weighted by Gasteiger charge is -2.20. The van der Waals surface area contributed by atoms with Crippen molar-refractivity contribution >= 4 is 16.8 Å². The third-order valence-electron chi connectivity index (χ3n) is 3.45. The number of aromatic nitrogens is 1. The largest absolute Gasteiger partial charge is 0.383 e. The maximum absolute atomic E-state index is 12.2. The van der Waals surface area contributed by atoms with Crippen molar-refractivity contribution in [1.29, 1.82) is 0 Å². The molecule has 0 fully saturated rings. The van der Waals surface area contributed by atoms with Crippen LogP contribution < -0.4 is 5.56 Å². The summed E-state index contributed by atoms with van der Waals surface area (Å²) in [6.07, 6.45) is 0. The number of amides is 1. The van der Waals surface area contributed by atoms with Crippen molar-refractivity contribution in [1.82, 2.24) is 9.88 Å². The maximum atomic E-state index is 12.2. The van der Waals surface area contributed by atoms with Gasteiger partial charge in [0.2, 0.25) is 5.91 Å². The summed E-state index contributed by atoms with van der Waals surface area (Å²) in [6.45, 7) is 4.68. The van der Waals surface area contributed by atoms with Crippen LogP contribution in [0.5, 0.6) is 0 Å². The molecule has 21 heavy (non-hydrogen) atoms. The first-order valence-corrected chi connectivity index (χ1v) is 6.88. The molecule has 5 nitrogen and oxygen atoms in total. The number of aryl methyl sites for hydroxylation is 1. The molecular formula is C16H20N2O3. The van der Waals surface area contributed by atoms with Gasteiger partial charge in [-0.2, -0.15) is 0 Å². The molecule has 1 aromatic carbocycles. The highest BCUT2D eigenvalue weighted by atomic mass is 16.5. The van der Waals surface area contributed by atoms with E-state index in [1.807, 2.05) is 31.2 Å². The first-order chi connectivity index (χ1) is 10.0. The number of rotatable bonds is 5. The van der Waals surface area contributed by atoms with Crippen LogP contribution in [0, 0.1) is 6.92 Å². The Kier molecular flexibility index (Phi) is 4.75. The molecule has 1 heterocycles. The summed E-state index contributed by atoms with van der Waals surface area (Å²) < 4.78 is 4.99. The van der Waals surface area contributed by atoms with E-state index in [9.17, 15) is 9.59 Å². The van der Waals surface area contributed by atoms with Gasteiger partial charge < -0.3 is 14.6 Å². The number of ether oxygens (including phenoxy) is 1. The molecule has 1 N–H and O–H groups in total. The number of fused-ring (bicyclic) bond motifs is 1. The van der Waals surface area contributed by atoms with Crippen LogP contribution in [0.4, 0.5) is 0 Å². The van der Waals surface area contributed by atoms with E-state index < -0.39 is 0 Å². The Hall–Kier alpha value is -2.14. The first-order valence-electron chi connectivity index (χ1n) is 6.88. The average Bonchev–Trinajstić information content (AvgIpc) is 2.43. The number of aromatic amines is 1. The first kappa shape index (κ1) is 15.3. The van der Waals surface area contributed by atoms with Crippen molar-refractivity contribution in [3.63, 3.8) is 0 Å². The monoisotopic (exact) mass is 288 g/mol. The molecule has 0 spiro atoms. The van der Waals surface area contributed by atoms with Crippen molar-refractivity contribution in [2.45, 2.75) is 20.4 Å². The number of carbonyl (C=O) groups is 1. The molecular weight excluding hydrogens is 268 g/mol. The second kappa shape index (κ2) is 6.54. The predicted octanol–water partition coefficient (Wildman–Crippen LogP) is 1.83. The normalized spacial score (nSPS) is 10.8. The van der Waals surface area contributed by atoms with E-state index in [1.165, 1.54) is 6.92 Å². The van der Waals surface area contributed by atoms with E-state index in [-0.39, 0.29) is 18.0 Å². The second-order valence-electron chi connectivity index (χ2n) is 5.15. The van der Waals surface area contributed by atoms with Crippen molar-refractivity contribution in [2.75, 3.05) is 20.3 Å². The second-order valence-corrected chi connectivity index (χ2v) is 5.15. The van der Waals surface area contributed by atoms with Crippen molar-refractivity contribution in [3.8, 4) is 0 Å². The van der Waals surface area contributed by atoms with E-state index in [0.29, 0.717) is 18.7 Å². The Balaban J connectivity index is 2.32. The number of benzene rings is 1. The minimum atomic E-state index is -0.156. The van der Waals surface area contributed by atoms with Gasteiger partial charge in [0.15, 0.2) is 0 Å². The average molecular weight is 288 g/mol. The fourth-order valence-corrected chi connectivity index (χ4v) is 2.23. The summed E-state index contributed by atoms with van der Waals surface area (Å²) in [5.41, 5.74) is 2.33. The molecule has 1 aromatic heterocycles. The lowest BCUT2D eigenvalue weighted by atomic mass is 10.1. The van der Waals surface area contributed by atoms with Crippen LogP contribution in [0.15, 0.2) is 29.1 Å². The number of pyridine rings is 1. The van der Waals surface area contributed by atoms with Crippen molar-refractivity contribution < 1.29 is 9.53 Å². The third kappa shape index (κ3) is 3.70. The van der Waals surface area contributed by atoms with Crippen molar-refractivity contribution in [3.05, 3.63) is 45.7 Å². The molecule has 0 bridgehead atoms. The number of methoxy groups -OCH3 is 1. The smallest absolute Gasteiger partial charge is 0.253 e. The molecule has 0 aliphatic heterocycles. The summed E-state index contributed by atoms with van der Waals surface area (Å²) in [4.78, 5) is 28.3. The number of hydrogen-bond donors (Lipinski definition) is 1. The van der Waals surface area contributed by atoms with E-state index in [2.05, 4.69) is 4.98 Å². The number of H-pyrrole nitrogens is 1. The topological polar surface area (TPSA) is 62.4 Å². The molecule has 1 amide bonds. The molecule has 2 rings (SSSR count). The lowest BCUT2D eigenvalue weighted by molar-refractivity contribution is -0.130. The highest BCUT2D eigenvalue weighted by Crippen LogP contribution is 2.14. The van der Waals surface area contributed by atoms with Crippen molar-refractivity contribution in [2.24, 2.45) is 0 Å². The Morgan fingerprint density at radius 2 is 2.10 bits per heavy atom. The van der Waals surface area contributed by atoms with E-state index in [1.54, 1.807) is 12.0 Å². The zero-order valence-electron chi connectivity index (χ0n) is 12.6. The molecule has 0 aliphatic carbocycles. The van der Waals surface area contributed by atoms with Gasteiger partial charge in [0.25, 0.3) is 5.56 Å². The lowest BCUT2D eigenvalue weighted by Crippen LogP contribution is -2.33. The summed E-state index contributed by atoms with van der Waals surface area (Å²) in [5, 5.41) is 0.963. The molecule has 0 radical (unpaired) electrons. The van der Waals surface area contributed by atoms with Crippen LogP contribution in [0.25, 0.3) is 10.9 Å². The number of nitrogens with one attached hydrogen (secondary N) is 1. The van der Waals surface area contributed by atoms with E-state index in [0.717, 1.165) is 16.5 Å². The maximum Gasteiger partial charge on any atom is 0.253 e. The van der Waals surface area contributed by atoms with Gasteiger partial charge in [0, 0.05) is 31.7 Å².